The highest BCUT2D eigenvalue weighted by atomic mass is 127. The highest BCUT2D eigenvalue weighted by Gasteiger charge is 2.09. The van der Waals surface area contributed by atoms with E-state index in [-0.39, 0.29) is 17.5 Å². The molecule has 18 heavy (non-hydrogen) atoms. The van der Waals surface area contributed by atoms with Crippen LogP contribution in [0.4, 0.5) is 5.69 Å². The number of rotatable bonds is 3. The van der Waals surface area contributed by atoms with Crippen LogP contribution in [0.2, 0.25) is 0 Å². The monoisotopic (exact) mass is 355 g/mol. The minimum atomic E-state index is -0.00100. The summed E-state index contributed by atoms with van der Waals surface area (Å²) in [7, 11) is 0. The number of halogens is 1. The van der Waals surface area contributed by atoms with Crippen LogP contribution in [0.5, 0.6) is 11.5 Å². The van der Waals surface area contributed by atoms with Crippen molar-refractivity contribution in [1.82, 2.24) is 0 Å². The molecule has 2 aromatic carbocycles. The third-order valence-electron chi connectivity index (χ3n) is 2.67. The lowest BCUT2D eigenvalue weighted by molar-refractivity contribution is 0.448. The number of phenols is 2. The molecule has 0 amide bonds. The lowest BCUT2D eigenvalue weighted by atomic mass is 10.1. The summed E-state index contributed by atoms with van der Waals surface area (Å²) >= 11 is 2.27. The molecule has 2 aromatic rings. The van der Waals surface area contributed by atoms with E-state index < -0.39 is 0 Å². The molecule has 0 bridgehead atoms. The highest BCUT2D eigenvalue weighted by Crippen LogP contribution is 2.28. The van der Waals surface area contributed by atoms with E-state index in [0.717, 1.165) is 14.8 Å². The molecule has 0 spiro atoms. The van der Waals surface area contributed by atoms with Crippen molar-refractivity contribution in [3.63, 3.8) is 0 Å². The average molecular weight is 355 g/mol. The van der Waals surface area contributed by atoms with Gasteiger partial charge in [0.1, 0.15) is 11.5 Å². The molecule has 0 aliphatic carbocycles. The van der Waals surface area contributed by atoms with Gasteiger partial charge < -0.3 is 15.5 Å². The predicted molar refractivity (Wildman–Crippen MR) is 81.0 cm³/mol. The summed E-state index contributed by atoms with van der Waals surface area (Å²) in [4.78, 5) is 0. The Morgan fingerprint density at radius 3 is 2.28 bits per heavy atom. The highest BCUT2D eigenvalue weighted by molar-refractivity contribution is 14.1. The van der Waals surface area contributed by atoms with Crippen molar-refractivity contribution >= 4 is 28.3 Å². The van der Waals surface area contributed by atoms with Gasteiger partial charge in [-0.1, -0.05) is 12.1 Å². The SMILES string of the molecule is CC(Nc1ccccc1I)c1cc(O)cc(O)c1. The quantitative estimate of drug-likeness (QED) is 0.733. The van der Waals surface area contributed by atoms with Gasteiger partial charge in [0.05, 0.1) is 0 Å². The lowest BCUT2D eigenvalue weighted by Gasteiger charge is -2.17. The van der Waals surface area contributed by atoms with Crippen LogP contribution in [-0.4, -0.2) is 10.2 Å². The molecule has 2 rings (SSSR count). The predicted octanol–water partition coefficient (Wildman–Crippen LogP) is 3.88. The van der Waals surface area contributed by atoms with Crippen molar-refractivity contribution in [1.29, 1.82) is 0 Å². The fourth-order valence-corrected chi connectivity index (χ4v) is 2.31. The molecule has 0 fully saturated rings. The van der Waals surface area contributed by atoms with Gasteiger partial charge >= 0.3 is 0 Å². The van der Waals surface area contributed by atoms with Crippen LogP contribution in [-0.2, 0) is 0 Å². The van der Waals surface area contributed by atoms with Crippen molar-refractivity contribution in [3.05, 3.63) is 51.6 Å². The molecule has 0 aromatic heterocycles. The maximum atomic E-state index is 9.47. The molecule has 0 aliphatic heterocycles. The van der Waals surface area contributed by atoms with Crippen LogP contribution < -0.4 is 5.32 Å². The number of hydrogen-bond acceptors (Lipinski definition) is 3. The number of hydrogen-bond donors (Lipinski definition) is 3. The zero-order valence-electron chi connectivity index (χ0n) is 9.89. The first kappa shape index (κ1) is 13.0. The molecule has 0 saturated carbocycles. The van der Waals surface area contributed by atoms with Gasteiger partial charge in [0.2, 0.25) is 0 Å². The van der Waals surface area contributed by atoms with Crippen molar-refractivity contribution < 1.29 is 10.2 Å². The Morgan fingerprint density at radius 2 is 1.67 bits per heavy atom. The van der Waals surface area contributed by atoms with Crippen LogP contribution in [0, 0.1) is 3.57 Å². The average Bonchev–Trinajstić information content (AvgIpc) is 2.31. The molecule has 0 radical (unpaired) electrons. The first-order valence-corrected chi connectivity index (χ1v) is 6.68. The van der Waals surface area contributed by atoms with Gasteiger partial charge in [0, 0.05) is 21.4 Å². The fourth-order valence-electron chi connectivity index (χ4n) is 1.76. The van der Waals surface area contributed by atoms with Crippen molar-refractivity contribution in [2.75, 3.05) is 5.32 Å². The number of aromatic hydroxyl groups is 2. The fraction of sp³-hybridized carbons (Fsp3) is 0.143. The molecule has 0 aliphatic rings. The second kappa shape index (κ2) is 5.48. The van der Waals surface area contributed by atoms with Crippen LogP contribution >= 0.6 is 22.6 Å². The van der Waals surface area contributed by atoms with E-state index in [2.05, 4.69) is 27.9 Å². The second-order valence-electron chi connectivity index (χ2n) is 4.13. The topological polar surface area (TPSA) is 52.5 Å². The van der Waals surface area contributed by atoms with E-state index in [1.807, 2.05) is 31.2 Å². The Morgan fingerprint density at radius 1 is 1.06 bits per heavy atom. The number of nitrogens with one attached hydrogen (secondary N) is 1. The van der Waals surface area contributed by atoms with Gasteiger partial charge in [-0.3, -0.25) is 0 Å². The van der Waals surface area contributed by atoms with E-state index >= 15 is 0 Å². The maximum absolute atomic E-state index is 9.47. The lowest BCUT2D eigenvalue weighted by Crippen LogP contribution is -2.07. The van der Waals surface area contributed by atoms with Gasteiger partial charge in [-0.25, -0.2) is 0 Å². The van der Waals surface area contributed by atoms with Gasteiger partial charge in [0.15, 0.2) is 0 Å². The van der Waals surface area contributed by atoms with Crippen molar-refractivity contribution in [3.8, 4) is 11.5 Å². The summed E-state index contributed by atoms with van der Waals surface area (Å²) in [6.45, 7) is 1.98. The molecule has 4 heteroatoms. The molecular weight excluding hydrogens is 341 g/mol. The Kier molecular flexibility index (Phi) is 3.96. The minimum Gasteiger partial charge on any atom is -0.508 e. The first-order valence-electron chi connectivity index (χ1n) is 5.60. The summed E-state index contributed by atoms with van der Waals surface area (Å²) in [6, 6.07) is 12.6. The molecule has 1 unspecified atom stereocenters. The number of anilines is 1. The van der Waals surface area contributed by atoms with Gasteiger partial charge in [-0.2, -0.15) is 0 Å². The first-order chi connectivity index (χ1) is 8.56. The smallest absolute Gasteiger partial charge is 0.119 e. The van der Waals surface area contributed by atoms with E-state index in [1.165, 1.54) is 6.07 Å². The standard InChI is InChI=1S/C14H14INO2/c1-9(10-6-11(17)8-12(18)7-10)16-14-5-3-2-4-13(14)15/h2-9,16-18H,1H3. The number of phenolic OH excluding ortho intramolecular Hbond substituents is 2. The van der Waals surface area contributed by atoms with Crippen molar-refractivity contribution in [2.24, 2.45) is 0 Å². The molecular formula is C14H14INO2. The molecule has 3 nitrogen and oxygen atoms in total. The number of benzene rings is 2. The molecule has 3 N–H and O–H groups in total. The van der Waals surface area contributed by atoms with E-state index in [1.54, 1.807) is 12.1 Å². The van der Waals surface area contributed by atoms with E-state index in [9.17, 15) is 10.2 Å². The summed E-state index contributed by atoms with van der Waals surface area (Å²) in [5.41, 5.74) is 1.88. The zero-order valence-corrected chi connectivity index (χ0v) is 12.0. The van der Waals surface area contributed by atoms with Gasteiger partial charge in [-0.15, -0.1) is 0 Å². The Balaban J connectivity index is 2.22. The van der Waals surface area contributed by atoms with Crippen LogP contribution in [0.1, 0.15) is 18.5 Å². The van der Waals surface area contributed by atoms with Crippen LogP contribution in [0.25, 0.3) is 0 Å². The normalized spacial score (nSPS) is 12.1. The Labute approximate surface area is 120 Å². The van der Waals surface area contributed by atoms with E-state index in [4.69, 9.17) is 0 Å². The molecule has 0 heterocycles. The van der Waals surface area contributed by atoms with Crippen molar-refractivity contribution in [2.45, 2.75) is 13.0 Å². The third-order valence-corrected chi connectivity index (χ3v) is 3.61. The zero-order chi connectivity index (χ0) is 13.1. The largest absolute Gasteiger partial charge is 0.508 e. The molecule has 1 atom stereocenters. The summed E-state index contributed by atoms with van der Waals surface area (Å²) in [6.07, 6.45) is 0. The molecule has 0 saturated heterocycles. The Hall–Kier alpha value is -1.43. The van der Waals surface area contributed by atoms with Gasteiger partial charge in [-0.05, 0) is 59.3 Å². The second-order valence-corrected chi connectivity index (χ2v) is 5.29. The van der Waals surface area contributed by atoms with Crippen LogP contribution in [0.3, 0.4) is 0 Å². The molecule has 94 valence electrons. The summed E-state index contributed by atoms with van der Waals surface area (Å²) < 4.78 is 1.13. The third kappa shape index (κ3) is 3.07. The Bertz CT molecular complexity index is 537. The maximum Gasteiger partial charge on any atom is 0.119 e. The van der Waals surface area contributed by atoms with E-state index in [0.29, 0.717) is 0 Å². The number of para-hydroxylation sites is 1. The summed E-state index contributed by atoms with van der Waals surface area (Å²) in [5, 5.41) is 22.3. The van der Waals surface area contributed by atoms with Gasteiger partial charge in [0.25, 0.3) is 0 Å². The van der Waals surface area contributed by atoms with Crippen LogP contribution in [0.15, 0.2) is 42.5 Å². The summed E-state index contributed by atoms with van der Waals surface area (Å²) in [5.74, 6) is 0.141. The minimum absolute atomic E-state index is 0.00100.